The van der Waals surface area contributed by atoms with Gasteiger partial charge in [0.2, 0.25) is 11.6 Å². The smallest absolute Gasteiger partial charge is 0.236 e. The summed E-state index contributed by atoms with van der Waals surface area (Å²) in [6.45, 7) is 3.61. The molecule has 0 amide bonds. The quantitative estimate of drug-likeness (QED) is 0.622. The van der Waals surface area contributed by atoms with Gasteiger partial charge in [0.25, 0.3) is 0 Å². The molecule has 0 N–H and O–H groups in total. The summed E-state index contributed by atoms with van der Waals surface area (Å²) in [5.41, 5.74) is 1.79. The number of halogens is 1. The van der Waals surface area contributed by atoms with E-state index in [4.69, 9.17) is 0 Å². The molecule has 0 radical (unpaired) electrons. The van der Waals surface area contributed by atoms with Gasteiger partial charge in [-0.2, -0.15) is 0 Å². The van der Waals surface area contributed by atoms with Crippen LogP contribution in [0.5, 0.6) is 0 Å². The molecule has 0 aliphatic carbocycles. The van der Waals surface area contributed by atoms with Crippen molar-refractivity contribution in [1.29, 1.82) is 0 Å². The summed E-state index contributed by atoms with van der Waals surface area (Å²) in [6.07, 6.45) is 0. The van der Waals surface area contributed by atoms with E-state index in [0.717, 1.165) is 5.56 Å². The predicted octanol–water partition coefficient (Wildman–Crippen LogP) is 3.51. The molecule has 2 aromatic rings. The molecule has 0 aliphatic rings. The van der Waals surface area contributed by atoms with E-state index in [1.54, 1.807) is 37.3 Å². The van der Waals surface area contributed by atoms with Crippen molar-refractivity contribution in [3.05, 3.63) is 70.5 Å². The Morgan fingerprint density at radius 1 is 0.842 bits per heavy atom. The van der Waals surface area contributed by atoms with E-state index in [1.165, 1.54) is 12.1 Å². The molecule has 96 valence electrons. The summed E-state index contributed by atoms with van der Waals surface area (Å²) in [6, 6.07) is 10.8. The zero-order valence-electron chi connectivity index (χ0n) is 10.7. The van der Waals surface area contributed by atoms with E-state index < -0.39 is 17.4 Å². The highest BCUT2D eigenvalue weighted by molar-refractivity contribution is 6.49. The van der Waals surface area contributed by atoms with Crippen molar-refractivity contribution >= 4 is 11.6 Å². The highest BCUT2D eigenvalue weighted by Gasteiger charge is 2.21. The summed E-state index contributed by atoms with van der Waals surface area (Å²) in [7, 11) is 0. The SMILES string of the molecule is Cc1ccc(C(=O)C(=O)c2ccc(C)cc2F)cc1. The van der Waals surface area contributed by atoms with Crippen LogP contribution in [0.3, 0.4) is 0 Å². The summed E-state index contributed by atoms with van der Waals surface area (Å²) in [4.78, 5) is 23.9. The number of rotatable bonds is 3. The standard InChI is InChI=1S/C16H13FO2/c1-10-3-6-12(7-4-10)15(18)16(19)13-8-5-11(2)9-14(13)17/h3-9H,1-2H3. The van der Waals surface area contributed by atoms with Crippen LogP contribution < -0.4 is 0 Å². The van der Waals surface area contributed by atoms with E-state index >= 15 is 0 Å². The third-order valence-electron chi connectivity index (χ3n) is 2.89. The number of carbonyl (C=O) groups is 2. The van der Waals surface area contributed by atoms with Crippen LogP contribution in [0, 0.1) is 19.7 Å². The van der Waals surface area contributed by atoms with Gasteiger partial charge in [-0.05, 0) is 31.5 Å². The molecule has 0 aliphatic heterocycles. The molecule has 0 spiro atoms. The Morgan fingerprint density at radius 3 is 2.00 bits per heavy atom. The minimum absolute atomic E-state index is 0.184. The van der Waals surface area contributed by atoms with Gasteiger partial charge >= 0.3 is 0 Å². The molecule has 2 nitrogen and oxygen atoms in total. The normalized spacial score (nSPS) is 10.3. The van der Waals surface area contributed by atoms with Crippen LogP contribution in [-0.4, -0.2) is 11.6 Å². The van der Waals surface area contributed by atoms with Crippen molar-refractivity contribution in [3.63, 3.8) is 0 Å². The Balaban J connectivity index is 2.33. The lowest BCUT2D eigenvalue weighted by molar-refractivity contribution is 0.0814. The lowest BCUT2D eigenvalue weighted by Gasteiger charge is -2.03. The van der Waals surface area contributed by atoms with Gasteiger partial charge < -0.3 is 0 Å². The molecule has 0 bridgehead atoms. The van der Waals surface area contributed by atoms with E-state index in [2.05, 4.69) is 0 Å². The Hall–Kier alpha value is -2.29. The van der Waals surface area contributed by atoms with Crippen molar-refractivity contribution in [1.82, 2.24) is 0 Å². The fourth-order valence-corrected chi connectivity index (χ4v) is 1.76. The Labute approximate surface area is 110 Å². The molecule has 0 saturated heterocycles. The Morgan fingerprint density at radius 2 is 1.42 bits per heavy atom. The van der Waals surface area contributed by atoms with Crippen LogP contribution in [0.2, 0.25) is 0 Å². The molecule has 0 fully saturated rings. The highest BCUT2D eigenvalue weighted by atomic mass is 19.1. The zero-order chi connectivity index (χ0) is 14.0. The van der Waals surface area contributed by atoms with Crippen LogP contribution in [-0.2, 0) is 0 Å². The number of Topliss-reactive ketones (excluding diaryl/α,β-unsaturated/α-hetero) is 2. The van der Waals surface area contributed by atoms with Gasteiger partial charge in [0.05, 0.1) is 5.56 Å². The second-order valence-electron chi connectivity index (χ2n) is 4.51. The third kappa shape index (κ3) is 2.76. The second-order valence-corrected chi connectivity index (χ2v) is 4.51. The number of hydrogen-bond donors (Lipinski definition) is 0. The first-order valence-electron chi connectivity index (χ1n) is 5.91. The predicted molar refractivity (Wildman–Crippen MR) is 71.0 cm³/mol. The number of carbonyl (C=O) groups excluding carboxylic acids is 2. The lowest BCUT2D eigenvalue weighted by atomic mass is 9.99. The maximum absolute atomic E-state index is 13.7. The lowest BCUT2D eigenvalue weighted by Crippen LogP contribution is -2.16. The van der Waals surface area contributed by atoms with Crippen molar-refractivity contribution in [2.24, 2.45) is 0 Å². The first kappa shape index (κ1) is 13.1. The van der Waals surface area contributed by atoms with Gasteiger partial charge in [0, 0.05) is 5.56 Å². The summed E-state index contributed by atoms with van der Waals surface area (Å²) in [5.74, 6) is -2.17. The molecule has 0 aromatic heterocycles. The maximum atomic E-state index is 13.7. The zero-order valence-corrected chi connectivity index (χ0v) is 10.7. The van der Waals surface area contributed by atoms with Crippen molar-refractivity contribution in [3.8, 4) is 0 Å². The molecule has 2 aromatic carbocycles. The average Bonchev–Trinajstić information content (AvgIpc) is 2.38. The minimum atomic E-state index is -0.818. The molecule has 0 heterocycles. The van der Waals surface area contributed by atoms with Crippen LogP contribution in [0.15, 0.2) is 42.5 Å². The molecule has 0 saturated carbocycles. The van der Waals surface area contributed by atoms with E-state index in [1.807, 2.05) is 6.92 Å². The van der Waals surface area contributed by atoms with E-state index in [-0.39, 0.29) is 11.1 Å². The van der Waals surface area contributed by atoms with Gasteiger partial charge in [-0.15, -0.1) is 0 Å². The Kier molecular flexibility index (Phi) is 3.56. The Bertz CT molecular complexity index is 642. The average molecular weight is 256 g/mol. The van der Waals surface area contributed by atoms with Gasteiger partial charge in [0.1, 0.15) is 5.82 Å². The molecule has 19 heavy (non-hydrogen) atoms. The van der Waals surface area contributed by atoms with Gasteiger partial charge in [-0.1, -0.05) is 35.9 Å². The second kappa shape index (κ2) is 5.14. The topological polar surface area (TPSA) is 34.1 Å². The number of hydrogen-bond acceptors (Lipinski definition) is 2. The fraction of sp³-hybridized carbons (Fsp3) is 0.125. The van der Waals surface area contributed by atoms with Crippen LogP contribution >= 0.6 is 0 Å². The molecular formula is C16H13FO2. The summed E-state index contributed by atoms with van der Waals surface area (Å²) >= 11 is 0. The van der Waals surface area contributed by atoms with Gasteiger partial charge in [-0.3, -0.25) is 9.59 Å². The molecule has 0 unspecified atom stereocenters. The first-order valence-corrected chi connectivity index (χ1v) is 5.91. The monoisotopic (exact) mass is 256 g/mol. The van der Waals surface area contributed by atoms with Crippen molar-refractivity contribution in [2.45, 2.75) is 13.8 Å². The number of ketones is 2. The summed E-state index contributed by atoms with van der Waals surface area (Å²) in [5, 5.41) is 0. The number of benzene rings is 2. The fourth-order valence-electron chi connectivity index (χ4n) is 1.76. The number of aryl methyl sites for hydroxylation is 2. The molecule has 2 rings (SSSR count). The first-order chi connectivity index (χ1) is 8.99. The maximum Gasteiger partial charge on any atom is 0.236 e. The highest BCUT2D eigenvalue weighted by Crippen LogP contribution is 2.14. The van der Waals surface area contributed by atoms with Gasteiger partial charge in [-0.25, -0.2) is 4.39 Å². The van der Waals surface area contributed by atoms with Gasteiger partial charge in [0.15, 0.2) is 0 Å². The van der Waals surface area contributed by atoms with Crippen LogP contribution in [0.1, 0.15) is 31.8 Å². The third-order valence-corrected chi connectivity index (χ3v) is 2.89. The van der Waals surface area contributed by atoms with Crippen molar-refractivity contribution < 1.29 is 14.0 Å². The minimum Gasteiger partial charge on any atom is -0.285 e. The van der Waals surface area contributed by atoms with E-state index in [9.17, 15) is 14.0 Å². The molecular weight excluding hydrogens is 243 g/mol. The molecule has 3 heteroatoms. The van der Waals surface area contributed by atoms with Crippen molar-refractivity contribution in [2.75, 3.05) is 0 Å². The molecule has 0 atom stereocenters. The van der Waals surface area contributed by atoms with E-state index in [0.29, 0.717) is 5.56 Å². The van der Waals surface area contributed by atoms with Crippen LogP contribution in [0.4, 0.5) is 4.39 Å². The van der Waals surface area contributed by atoms with Crippen LogP contribution in [0.25, 0.3) is 0 Å². The summed E-state index contributed by atoms with van der Waals surface area (Å²) < 4.78 is 13.7. The largest absolute Gasteiger partial charge is 0.285 e.